The Bertz CT molecular complexity index is 193. The third kappa shape index (κ3) is 4.06. The van der Waals surface area contributed by atoms with E-state index in [1.54, 1.807) is 0 Å². The molecule has 2 heteroatoms. The monoisotopic (exact) mass is 226 g/mol. The maximum atomic E-state index is 3.59. The molecular formula is C14H30N2. The number of nitrogens with zero attached hydrogens (tertiary/aromatic N) is 1. The molecule has 4 unspecified atom stereocenters. The zero-order chi connectivity index (χ0) is 12.1. The molecule has 1 N–H and O–H groups in total. The first-order chi connectivity index (χ1) is 7.54. The lowest BCUT2D eigenvalue weighted by molar-refractivity contribution is 0.0801. The second kappa shape index (κ2) is 6.61. The predicted molar refractivity (Wildman–Crippen MR) is 71.7 cm³/mol. The second-order valence-electron chi connectivity index (χ2n) is 5.82. The van der Waals surface area contributed by atoms with E-state index < -0.39 is 0 Å². The fourth-order valence-corrected chi connectivity index (χ4v) is 2.73. The Morgan fingerprint density at radius 2 is 2.00 bits per heavy atom. The van der Waals surface area contributed by atoms with Gasteiger partial charge in [-0.15, -0.1) is 0 Å². The molecule has 0 aromatic rings. The van der Waals surface area contributed by atoms with Gasteiger partial charge in [-0.1, -0.05) is 20.8 Å². The molecule has 96 valence electrons. The van der Waals surface area contributed by atoms with Gasteiger partial charge in [0.05, 0.1) is 0 Å². The fourth-order valence-electron chi connectivity index (χ4n) is 2.73. The van der Waals surface area contributed by atoms with E-state index >= 15 is 0 Å². The zero-order valence-electron chi connectivity index (χ0n) is 11.8. The third-order valence-corrected chi connectivity index (χ3v) is 4.22. The zero-order valence-corrected chi connectivity index (χ0v) is 11.8. The van der Waals surface area contributed by atoms with Gasteiger partial charge >= 0.3 is 0 Å². The molecule has 1 aliphatic rings. The average molecular weight is 226 g/mol. The van der Waals surface area contributed by atoms with E-state index in [2.05, 4.69) is 44.8 Å². The highest BCUT2D eigenvalue weighted by Gasteiger charge is 2.27. The molecule has 16 heavy (non-hydrogen) atoms. The molecule has 1 saturated heterocycles. The Kier molecular flexibility index (Phi) is 5.77. The molecule has 0 amide bonds. The van der Waals surface area contributed by atoms with Crippen LogP contribution in [0.15, 0.2) is 0 Å². The van der Waals surface area contributed by atoms with Crippen LogP contribution < -0.4 is 5.32 Å². The van der Waals surface area contributed by atoms with Gasteiger partial charge in [0.2, 0.25) is 0 Å². The minimum absolute atomic E-state index is 0.662. The van der Waals surface area contributed by atoms with Gasteiger partial charge < -0.3 is 5.32 Å². The summed E-state index contributed by atoms with van der Waals surface area (Å²) in [6, 6.07) is 1.42. The fraction of sp³-hybridized carbons (Fsp3) is 1.00. The van der Waals surface area contributed by atoms with Crippen molar-refractivity contribution in [3.05, 3.63) is 0 Å². The molecule has 4 atom stereocenters. The maximum absolute atomic E-state index is 3.59. The summed E-state index contributed by atoms with van der Waals surface area (Å²) in [6.45, 7) is 15.3. The SMILES string of the molecule is CCC(C)NCCN1CC(C)CC(C)C1C. The van der Waals surface area contributed by atoms with Gasteiger partial charge in [0.25, 0.3) is 0 Å². The van der Waals surface area contributed by atoms with Crippen LogP contribution in [0.4, 0.5) is 0 Å². The van der Waals surface area contributed by atoms with Gasteiger partial charge in [0.1, 0.15) is 0 Å². The Labute approximate surface area is 102 Å². The van der Waals surface area contributed by atoms with Gasteiger partial charge in [-0.2, -0.15) is 0 Å². The molecule has 0 aromatic carbocycles. The summed E-state index contributed by atoms with van der Waals surface area (Å²) in [6.07, 6.45) is 2.62. The molecular weight excluding hydrogens is 196 g/mol. The highest BCUT2D eigenvalue weighted by atomic mass is 15.2. The van der Waals surface area contributed by atoms with Crippen molar-refractivity contribution in [3.63, 3.8) is 0 Å². The summed E-state index contributed by atoms with van der Waals surface area (Å²) in [5, 5.41) is 3.59. The summed E-state index contributed by atoms with van der Waals surface area (Å²) in [4.78, 5) is 2.66. The van der Waals surface area contributed by atoms with Gasteiger partial charge in [-0.25, -0.2) is 0 Å². The Hall–Kier alpha value is -0.0800. The molecule has 0 aromatic heterocycles. The van der Waals surface area contributed by atoms with E-state index in [9.17, 15) is 0 Å². The van der Waals surface area contributed by atoms with Crippen LogP contribution >= 0.6 is 0 Å². The molecule has 0 spiro atoms. The first-order valence-corrected chi connectivity index (χ1v) is 7.02. The minimum Gasteiger partial charge on any atom is -0.313 e. The smallest absolute Gasteiger partial charge is 0.0110 e. The summed E-state index contributed by atoms with van der Waals surface area (Å²) >= 11 is 0. The number of hydrogen-bond acceptors (Lipinski definition) is 2. The van der Waals surface area contributed by atoms with Crippen LogP contribution in [0.1, 0.15) is 47.5 Å². The van der Waals surface area contributed by atoms with Crippen molar-refractivity contribution in [3.8, 4) is 0 Å². The van der Waals surface area contributed by atoms with Crippen molar-refractivity contribution < 1.29 is 0 Å². The Morgan fingerprint density at radius 3 is 2.62 bits per heavy atom. The van der Waals surface area contributed by atoms with Gasteiger partial charge in [0, 0.05) is 31.7 Å². The van der Waals surface area contributed by atoms with E-state index in [1.807, 2.05) is 0 Å². The van der Waals surface area contributed by atoms with E-state index in [0.717, 1.165) is 24.4 Å². The summed E-state index contributed by atoms with van der Waals surface area (Å²) in [7, 11) is 0. The quantitative estimate of drug-likeness (QED) is 0.775. The number of piperidine rings is 1. The molecule has 1 heterocycles. The molecule has 0 radical (unpaired) electrons. The molecule has 1 rings (SSSR count). The lowest BCUT2D eigenvalue weighted by Gasteiger charge is -2.41. The van der Waals surface area contributed by atoms with Crippen molar-refractivity contribution in [2.45, 2.75) is 59.5 Å². The van der Waals surface area contributed by atoms with Crippen molar-refractivity contribution in [2.75, 3.05) is 19.6 Å². The van der Waals surface area contributed by atoms with Crippen molar-refractivity contribution in [1.29, 1.82) is 0 Å². The normalized spacial score (nSPS) is 33.9. The predicted octanol–water partition coefficient (Wildman–Crippen LogP) is 2.74. The lowest BCUT2D eigenvalue weighted by Crippen LogP contribution is -2.48. The molecule has 2 nitrogen and oxygen atoms in total. The van der Waals surface area contributed by atoms with Crippen molar-refractivity contribution in [1.82, 2.24) is 10.2 Å². The van der Waals surface area contributed by atoms with Crippen LogP contribution in [0, 0.1) is 11.8 Å². The topological polar surface area (TPSA) is 15.3 Å². The van der Waals surface area contributed by atoms with Crippen LogP contribution in [0.2, 0.25) is 0 Å². The van der Waals surface area contributed by atoms with E-state index in [-0.39, 0.29) is 0 Å². The van der Waals surface area contributed by atoms with Gasteiger partial charge in [-0.05, 0) is 38.5 Å². The number of likely N-dealkylation sites (tertiary alicyclic amines) is 1. The summed E-state index contributed by atoms with van der Waals surface area (Å²) < 4.78 is 0. The van der Waals surface area contributed by atoms with Gasteiger partial charge in [-0.3, -0.25) is 4.90 Å². The Balaban J connectivity index is 2.29. The van der Waals surface area contributed by atoms with Crippen molar-refractivity contribution >= 4 is 0 Å². The lowest BCUT2D eigenvalue weighted by atomic mass is 9.86. The molecule has 0 aliphatic carbocycles. The molecule has 1 fully saturated rings. The Morgan fingerprint density at radius 1 is 1.31 bits per heavy atom. The maximum Gasteiger partial charge on any atom is 0.0110 e. The second-order valence-corrected chi connectivity index (χ2v) is 5.82. The van der Waals surface area contributed by atoms with Crippen molar-refractivity contribution in [2.24, 2.45) is 11.8 Å². The standard InChI is InChI=1S/C14H30N2/c1-6-13(4)15-7-8-16-10-11(2)9-12(3)14(16)5/h11-15H,6-10H2,1-5H3. The first kappa shape index (κ1) is 14.0. The van der Waals surface area contributed by atoms with E-state index in [0.29, 0.717) is 6.04 Å². The summed E-state index contributed by atoms with van der Waals surface area (Å²) in [5.74, 6) is 1.72. The molecule has 0 bridgehead atoms. The molecule has 0 saturated carbocycles. The largest absolute Gasteiger partial charge is 0.313 e. The van der Waals surface area contributed by atoms with Crippen LogP contribution in [0.25, 0.3) is 0 Å². The number of nitrogens with one attached hydrogen (secondary N) is 1. The van der Waals surface area contributed by atoms with Crippen LogP contribution in [0.5, 0.6) is 0 Å². The molecule has 1 aliphatic heterocycles. The van der Waals surface area contributed by atoms with Gasteiger partial charge in [0.15, 0.2) is 0 Å². The van der Waals surface area contributed by atoms with E-state index in [1.165, 1.54) is 25.9 Å². The van der Waals surface area contributed by atoms with Crippen LogP contribution in [-0.4, -0.2) is 36.6 Å². The van der Waals surface area contributed by atoms with E-state index in [4.69, 9.17) is 0 Å². The van der Waals surface area contributed by atoms with Crippen LogP contribution in [-0.2, 0) is 0 Å². The number of hydrogen-bond donors (Lipinski definition) is 1. The first-order valence-electron chi connectivity index (χ1n) is 7.02. The minimum atomic E-state index is 0.662. The number of rotatable bonds is 5. The summed E-state index contributed by atoms with van der Waals surface area (Å²) in [5.41, 5.74) is 0. The third-order valence-electron chi connectivity index (χ3n) is 4.22. The highest BCUT2D eigenvalue weighted by molar-refractivity contribution is 4.82. The average Bonchev–Trinajstić information content (AvgIpc) is 2.24. The van der Waals surface area contributed by atoms with Crippen LogP contribution in [0.3, 0.4) is 0 Å². The highest BCUT2D eigenvalue weighted by Crippen LogP contribution is 2.26.